The van der Waals surface area contributed by atoms with Gasteiger partial charge in [0.1, 0.15) is 37.9 Å². The molecule has 0 fully saturated rings. The van der Waals surface area contributed by atoms with Gasteiger partial charge >= 0.3 is 0 Å². The summed E-state index contributed by atoms with van der Waals surface area (Å²) in [7, 11) is 0. The Labute approximate surface area is 304 Å². The van der Waals surface area contributed by atoms with Crippen LogP contribution < -0.4 is 9.13 Å². The second-order valence-electron chi connectivity index (χ2n) is 14.9. The van der Waals surface area contributed by atoms with Gasteiger partial charge < -0.3 is 0 Å². The van der Waals surface area contributed by atoms with Crippen molar-refractivity contribution < 1.29 is 9.13 Å². The smallest absolute Gasteiger partial charge is 0.237 e. The van der Waals surface area contributed by atoms with Crippen LogP contribution in [0.15, 0.2) is 147 Å². The predicted molar refractivity (Wildman–Crippen MR) is 215 cm³/mol. The van der Waals surface area contributed by atoms with E-state index in [2.05, 4.69) is 165 Å². The first kappa shape index (κ1) is 31.0. The number of rotatable bonds is 13. The highest BCUT2D eigenvalue weighted by atomic mass is 15.1. The lowest BCUT2D eigenvalue weighted by atomic mass is 9.92. The van der Waals surface area contributed by atoms with Gasteiger partial charge in [0.25, 0.3) is 0 Å². The molecule has 0 aliphatic rings. The minimum Gasteiger partial charge on any atom is -0.237 e. The largest absolute Gasteiger partial charge is 0.244 e. The van der Waals surface area contributed by atoms with Gasteiger partial charge in [-0.3, -0.25) is 0 Å². The van der Waals surface area contributed by atoms with Gasteiger partial charge in [0.05, 0.1) is 13.1 Å². The van der Waals surface area contributed by atoms with E-state index < -0.39 is 0 Å². The molecule has 0 bridgehead atoms. The molecule has 0 saturated heterocycles. The molecule has 0 N–H and O–H groups in total. The maximum Gasteiger partial charge on any atom is 0.244 e. The van der Waals surface area contributed by atoms with Crippen molar-refractivity contribution in [3.05, 3.63) is 158 Å². The van der Waals surface area contributed by atoms with Crippen molar-refractivity contribution in [2.24, 2.45) is 0 Å². The summed E-state index contributed by atoms with van der Waals surface area (Å²) in [5.41, 5.74) is 2.76. The molecule has 0 saturated carbocycles. The van der Waals surface area contributed by atoms with Crippen molar-refractivity contribution in [1.82, 2.24) is 9.13 Å². The Balaban J connectivity index is 0.687. The molecule has 2 heterocycles. The zero-order valence-electron chi connectivity index (χ0n) is 29.7. The van der Waals surface area contributed by atoms with Crippen LogP contribution in [0.1, 0.15) is 49.7 Å². The van der Waals surface area contributed by atoms with Gasteiger partial charge in [-0.05, 0) is 90.3 Å². The fraction of sp³-hybridized carbons (Fsp3) is 0.208. The van der Waals surface area contributed by atoms with Gasteiger partial charge in [0.15, 0.2) is 0 Å². The summed E-state index contributed by atoms with van der Waals surface area (Å²) in [5, 5.41) is 16.3. The highest BCUT2D eigenvalue weighted by Gasteiger charge is 2.15. The van der Waals surface area contributed by atoms with E-state index in [4.69, 9.17) is 0 Å². The molecule has 0 radical (unpaired) electrons. The first-order valence-electron chi connectivity index (χ1n) is 19.2. The van der Waals surface area contributed by atoms with E-state index in [1.165, 1.54) is 114 Å². The van der Waals surface area contributed by atoms with Crippen molar-refractivity contribution in [3.63, 3.8) is 0 Å². The molecule has 2 aromatic heterocycles. The van der Waals surface area contributed by atoms with Crippen LogP contribution in [0, 0.1) is 0 Å². The first-order chi connectivity index (χ1) is 25.7. The number of aromatic nitrogens is 4. The molecule has 10 rings (SSSR count). The number of hydrogen-bond donors (Lipinski definition) is 0. The molecule has 0 amide bonds. The van der Waals surface area contributed by atoms with Gasteiger partial charge in [-0.1, -0.05) is 122 Å². The molecule has 0 aliphatic heterocycles. The third kappa shape index (κ3) is 5.63. The lowest BCUT2D eigenvalue weighted by Gasteiger charge is -2.13. The summed E-state index contributed by atoms with van der Waals surface area (Å²) in [6.07, 6.45) is 21.2. The van der Waals surface area contributed by atoms with E-state index in [-0.39, 0.29) is 0 Å². The maximum absolute atomic E-state index is 2.36. The van der Waals surface area contributed by atoms with E-state index in [0.29, 0.717) is 0 Å². The van der Waals surface area contributed by atoms with Crippen molar-refractivity contribution in [2.75, 3.05) is 0 Å². The van der Waals surface area contributed by atoms with Gasteiger partial charge in [-0.2, -0.15) is 0 Å². The van der Waals surface area contributed by atoms with Crippen LogP contribution in [0.2, 0.25) is 0 Å². The average molecular weight is 677 g/mol. The number of hydrogen-bond acceptors (Lipinski definition) is 0. The van der Waals surface area contributed by atoms with Crippen molar-refractivity contribution in [3.8, 4) is 0 Å². The van der Waals surface area contributed by atoms with Gasteiger partial charge in [-0.15, -0.1) is 0 Å². The molecule has 0 unspecified atom stereocenters. The summed E-state index contributed by atoms with van der Waals surface area (Å²) >= 11 is 0. The zero-order chi connectivity index (χ0) is 34.4. The third-order valence-corrected chi connectivity index (χ3v) is 11.5. The minimum atomic E-state index is 0.891. The highest BCUT2D eigenvalue weighted by molar-refractivity contribution is 6.24. The summed E-state index contributed by atoms with van der Waals surface area (Å²) in [4.78, 5) is 0. The van der Waals surface area contributed by atoms with Gasteiger partial charge in [0.2, 0.25) is 12.7 Å². The van der Waals surface area contributed by atoms with Crippen LogP contribution in [-0.2, 0) is 26.2 Å². The Hall–Kier alpha value is -5.74. The maximum atomic E-state index is 2.36. The van der Waals surface area contributed by atoms with E-state index in [0.717, 1.165) is 26.2 Å². The van der Waals surface area contributed by atoms with Crippen molar-refractivity contribution >= 4 is 64.6 Å². The molecule has 0 spiro atoms. The van der Waals surface area contributed by atoms with E-state index in [1.54, 1.807) is 0 Å². The molecule has 52 heavy (non-hydrogen) atoms. The Morgan fingerprint density at radius 1 is 0.365 bits per heavy atom. The minimum absolute atomic E-state index is 0.891. The number of nitrogens with zero attached hydrogens (tertiary/aromatic N) is 4. The SMILES string of the molecule is c1cc2ccc3ccc(C[n+]4ccn(CCCCCCCCn5cc[n+](Cc6ccc7ccc8cccc9ccc6c7c89)c5)c4)c4ccc(c1)c2c34. The summed E-state index contributed by atoms with van der Waals surface area (Å²) < 4.78 is 9.39. The second kappa shape index (κ2) is 13.1. The van der Waals surface area contributed by atoms with Crippen LogP contribution >= 0.6 is 0 Å². The quantitative estimate of drug-likeness (QED) is 0.0657. The Morgan fingerprint density at radius 2 is 0.731 bits per heavy atom. The van der Waals surface area contributed by atoms with E-state index >= 15 is 0 Å². The van der Waals surface area contributed by atoms with Crippen LogP contribution in [0.5, 0.6) is 0 Å². The highest BCUT2D eigenvalue weighted by Crippen LogP contribution is 2.37. The fourth-order valence-corrected chi connectivity index (χ4v) is 8.89. The van der Waals surface area contributed by atoms with Crippen molar-refractivity contribution in [1.29, 1.82) is 0 Å². The second-order valence-corrected chi connectivity index (χ2v) is 14.9. The number of unbranched alkanes of at least 4 members (excludes halogenated alkanes) is 5. The molecule has 0 atom stereocenters. The molecular weight excluding hydrogens is 633 g/mol. The Kier molecular flexibility index (Phi) is 7.82. The van der Waals surface area contributed by atoms with Crippen LogP contribution in [0.4, 0.5) is 0 Å². The first-order valence-corrected chi connectivity index (χ1v) is 19.2. The lowest BCUT2D eigenvalue weighted by Crippen LogP contribution is -2.31. The lowest BCUT2D eigenvalue weighted by molar-refractivity contribution is -0.687. The molecule has 4 heteroatoms. The van der Waals surface area contributed by atoms with E-state index in [9.17, 15) is 0 Å². The van der Waals surface area contributed by atoms with Crippen LogP contribution in [0.3, 0.4) is 0 Å². The molecule has 254 valence electrons. The monoisotopic (exact) mass is 676 g/mol. The van der Waals surface area contributed by atoms with Crippen LogP contribution in [-0.4, -0.2) is 9.13 Å². The summed E-state index contributed by atoms with van der Waals surface area (Å²) in [6.45, 7) is 3.95. The normalized spacial score (nSPS) is 12.2. The Morgan fingerprint density at radius 3 is 1.17 bits per heavy atom. The fourth-order valence-electron chi connectivity index (χ4n) is 8.89. The van der Waals surface area contributed by atoms with Gasteiger partial charge in [-0.25, -0.2) is 18.3 Å². The van der Waals surface area contributed by atoms with Crippen LogP contribution in [0.25, 0.3) is 64.6 Å². The molecule has 0 aliphatic carbocycles. The molecule has 10 aromatic rings. The summed E-state index contributed by atoms with van der Waals surface area (Å²) in [6, 6.07) is 40.8. The zero-order valence-corrected chi connectivity index (χ0v) is 29.7. The summed E-state index contributed by atoms with van der Waals surface area (Å²) in [5.74, 6) is 0. The number of aryl methyl sites for hydroxylation is 2. The average Bonchev–Trinajstić information content (AvgIpc) is 3.84. The molecule has 4 nitrogen and oxygen atoms in total. The van der Waals surface area contributed by atoms with Gasteiger partial charge in [0, 0.05) is 11.1 Å². The topological polar surface area (TPSA) is 17.6 Å². The van der Waals surface area contributed by atoms with Crippen molar-refractivity contribution in [2.45, 2.75) is 64.7 Å². The molecular formula is C48H44N4+2. The third-order valence-electron chi connectivity index (χ3n) is 11.5. The number of benzene rings is 8. The Bertz CT molecular complexity index is 2590. The predicted octanol–water partition coefficient (Wildman–Crippen LogP) is 10.8. The van der Waals surface area contributed by atoms with E-state index in [1.807, 2.05) is 0 Å². The standard InChI is InChI=1S/C48H44N4/c1(3-5-25-49-27-29-51(33-49)31-41-19-17-39-15-13-35-9-7-11-37-21-23-43(41)47(39)45(35)37)2-4-6-26-50-28-30-52(34-50)32-42-20-18-40-16-14-36-10-8-12-38-22-24-44(42)48(40)46(36)38/h7-24,27-30,33-34H,1-6,25-26,31-32H2/q+2. The molecule has 8 aromatic carbocycles. The number of imidazole rings is 2.